The van der Waals surface area contributed by atoms with Crippen molar-refractivity contribution in [3.05, 3.63) is 77.1 Å². The van der Waals surface area contributed by atoms with Gasteiger partial charge < -0.3 is 10.1 Å². The summed E-state index contributed by atoms with van der Waals surface area (Å²) in [7, 11) is 1.63. The largest absolute Gasteiger partial charge is 0.497 e. The van der Waals surface area contributed by atoms with Gasteiger partial charge in [0.25, 0.3) is 0 Å². The monoisotopic (exact) mass is 363 g/mol. The van der Waals surface area contributed by atoms with E-state index in [9.17, 15) is 4.79 Å². The number of aryl methyl sites for hydroxylation is 2. The first kappa shape index (κ1) is 18.7. The highest BCUT2D eigenvalue weighted by molar-refractivity contribution is 5.78. The third kappa shape index (κ3) is 4.97. The van der Waals surface area contributed by atoms with Gasteiger partial charge in [0, 0.05) is 12.2 Å². The highest BCUT2D eigenvalue weighted by Crippen LogP contribution is 2.14. The molecule has 27 heavy (non-hydrogen) atoms. The van der Waals surface area contributed by atoms with E-state index in [0.29, 0.717) is 13.0 Å². The van der Waals surface area contributed by atoms with E-state index in [-0.39, 0.29) is 5.91 Å². The van der Waals surface area contributed by atoms with Gasteiger partial charge in [0.1, 0.15) is 5.75 Å². The Morgan fingerprint density at radius 2 is 1.70 bits per heavy atom. The van der Waals surface area contributed by atoms with Gasteiger partial charge in [-0.25, -0.2) is 4.68 Å². The standard InChI is InChI=1S/C22H25N3O2/c1-16-14-17(2)25(24-16)20-8-4-18(5-9-20)12-13-23-22(26)15-19-6-10-21(27-3)11-7-19/h4-11,14H,12-13,15H2,1-3H3,(H,23,26). The highest BCUT2D eigenvalue weighted by atomic mass is 16.5. The number of nitrogens with one attached hydrogen (secondary N) is 1. The maximum absolute atomic E-state index is 12.1. The molecule has 3 aromatic rings. The summed E-state index contributed by atoms with van der Waals surface area (Å²) in [4.78, 5) is 12.1. The zero-order valence-electron chi connectivity index (χ0n) is 16.0. The van der Waals surface area contributed by atoms with E-state index in [1.807, 2.05) is 42.8 Å². The lowest BCUT2D eigenvalue weighted by atomic mass is 10.1. The predicted octanol–water partition coefficient (Wildman–Crippen LogP) is 3.40. The molecule has 1 heterocycles. The molecule has 5 heteroatoms. The Balaban J connectivity index is 1.48. The van der Waals surface area contributed by atoms with Gasteiger partial charge >= 0.3 is 0 Å². The minimum atomic E-state index is 0.0272. The quantitative estimate of drug-likeness (QED) is 0.700. The first-order valence-corrected chi connectivity index (χ1v) is 9.07. The maximum Gasteiger partial charge on any atom is 0.224 e. The van der Waals surface area contributed by atoms with Gasteiger partial charge in [-0.15, -0.1) is 0 Å². The van der Waals surface area contributed by atoms with Gasteiger partial charge in [0.05, 0.1) is 24.9 Å². The molecule has 0 aliphatic carbocycles. The lowest BCUT2D eigenvalue weighted by Crippen LogP contribution is -2.27. The summed E-state index contributed by atoms with van der Waals surface area (Å²) in [5.41, 5.74) is 5.34. The molecular formula is C22H25N3O2. The van der Waals surface area contributed by atoms with Crippen molar-refractivity contribution in [1.29, 1.82) is 0 Å². The molecule has 0 aliphatic heterocycles. The molecule has 0 radical (unpaired) electrons. The second-order valence-electron chi connectivity index (χ2n) is 6.63. The normalized spacial score (nSPS) is 10.6. The van der Waals surface area contributed by atoms with E-state index >= 15 is 0 Å². The highest BCUT2D eigenvalue weighted by Gasteiger charge is 2.05. The number of hydrogen-bond donors (Lipinski definition) is 1. The van der Waals surface area contributed by atoms with Gasteiger partial charge in [0.2, 0.25) is 5.91 Å². The van der Waals surface area contributed by atoms with Crippen LogP contribution < -0.4 is 10.1 Å². The number of carbonyl (C=O) groups excluding carboxylic acids is 1. The van der Waals surface area contributed by atoms with Crippen molar-refractivity contribution in [2.45, 2.75) is 26.7 Å². The molecule has 140 valence electrons. The van der Waals surface area contributed by atoms with Crippen molar-refractivity contribution < 1.29 is 9.53 Å². The molecule has 0 atom stereocenters. The van der Waals surface area contributed by atoms with Crippen LogP contribution >= 0.6 is 0 Å². The SMILES string of the molecule is COc1ccc(CC(=O)NCCc2ccc(-n3nc(C)cc3C)cc2)cc1. The average molecular weight is 363 g/mol. The lowest BCUT2D eigenvalue weighted by molar-refractivity contribution is -0.120. The van der Waals surface area contributed by atoms with Gasteiger partial charge in [-0.3, -0.25) is 4.79 Å². The Labute approximate surface area is 160 Å². The van der Waals surface area contributed by atoms with Crippen molar-refractivity contribution in [1.82, 2.24) is 15.1 Å². The third-order valence-electron chi connectivity index (χ3n) is 4.45. The van der Waals surface area contributed by atoms with E-state index < -0.39 is 0 Å². The van der Waals surface area contributed by atoms with E-state index in [0.717, 1.165) is 34.8 Å². The smallest absolute Gasteiger partial charge is 0.224 e. The van der Waals surface area contributed by atoms with Crippen LogP contribution in [0.1, 0.15) is 22.5 Å². The average Bonchev–Trinajstić information content (AvgIpc) is 3.01. The Morgan fingerprint density at radius 1 is 1.04 bits per heavy atom. The Morgan fingerprint density at radius 3 is 2.30 bits per heavy atom. The lowest BCUT2D eigenvalue weighted by Gasteiger charge is -2.08. The summed E-state index contributed by atoms with van der Waals surface area (Å²) in [6.45, 7) is 4.66. The van der Waals surface area contributed by atoms with Crippen LogP contribution in [-0.4, -0.2) is 29.3 Å². The van der Waals surface area contributed by atoms with Crippen LogP contribution in [0.25, 0.3) is 5.69 Å². The molecule has 0 aliphatic rings. The second-order valence-corrected chi connectivity index (χ2v) is 6.63. The van der Waals surface area contributed by atoms with Crippen LogP contribution in [0.3, 0.4) is 0 Å². The Bertz CT molecular complexity index is 896. The van der Waals surface area contributed by atoms with E-state index in [4.69, 9.17) is 4.74 Å². The molecule has 1 aromatic heterocycles. The third-order valence-corrected chi connectivity index (χ3v) is 4.45. The molecule has 3 rings (SSSR count). The minimum Gasteiger partial charge on any atom is -0.497 e. The summed E-state index contributed by atoms with van der Waals surface area (Å²) < 4.78 is 7.07. The number of rotatable bonds is 7. The topological polar surface area (TPSA) is 56.1 Å². The van der Waals surface area contributed by atoms with Crippen LogP contribution in [0.4, 0.5) is 0 Å². The van der Waals surface area contributed by atoms with Crippen LogP contribution in [0.5, 0.6) is 5.75 Å². The van der Waals surface area contributed by atoms with Crippen molar-refractivity contribution in [3.63, 3.8) is 0 Å². The molecule has 0 saturated carbocycles. The summed E-state index contributed by atoms with van der Waals surface area (Å²) in [5, 5.41) is 7.48. The van der Waals surface area contributed by atoms with Crippen molar-refractivity contribution in [2.75, 3.05) is 13.7 Å². The molecule has 1 N–H and O–H groups in total. The van der Waals surface area contributed by atoms with Gasteiger partial charge in [-0.2, -0.15) is 5.10 Å². The summed E-state index contributed by atoms with van der Waals surface area (Å²) in [6.07, 6.45) is 1.17. The minimum absolute atomic E-state index is 0.0272. The molecule has 0 unspecified atom stereocenters. The molecule has 1 amide bonds. The molecular weight excluding hydrogens is 338 g/mol. The van der Waals surface area contributed by atoms with Gasteiger partial charge in [-0.05, 0) is 61.7 Å². The summed E-state index contributed by atoms with van der Waals surface area (Å²) in [5.74, 6) is 0.822. The Hall–Kier alpha value is -3.08. The van der Waals surface area contributed by atoms with Crippen molar-refractivity contribution >= 4 is 5.91 Å². The number of benzene rings is 2. The fraction of sp³-hybridized carbons (Fsp3) is 0.273. The molecule has 0 bridgehead atoms. The molecule has 0 fully saturated rings. The molecule has 0 saturated heterocycles. The fourth-order valence-electron chi connectivity index (χ4n) is 3.03. The van der Waals surface area contributed by atoms with E-state index in [2.05, 4.69) is 40.7 Å². The van der Waals surface area contributed by atoms with Crippen LogP contribution in [0.15, 0.2) is 54.6 Å². The summed E-state index contributed by atoms with van der Waals surface area (Å²) in [6, 6.07) is 17.9. The molecule has 5 nitrogen and oxygen atoms in total. The zero-order chi connectivity index (χ0) is 19.2. The number of aromatic nitrogens is 2. The number of methoxy groups -OCH3 is 1. The number of amides is 1. The number of ether oxygens (including phenoxy) is 1. The zero-order valence-corrected chi connectivity index (χ0v) is 16.0. The number of hydrogen-bond acceptors (Lipinski definition) is 3. The summed E-state index contributed by atoms with van der Waals surface area (Å²) >= 11 is 0. The Kier molecular flexibility index (Phi) is 5.91. The maximum atomic E-state index is 12.1. The van der Waals surface area contributed by atoms with Gasteiger partial charge in [0.15, 0.2) is 0 Å². The predicted molar refractivity (Wildman–Crippen MR) is 106 cm³/mol. The van der Waals surface area contributed by atoms with E-state index in [1.54, 1.807) is 7.11 Å². The second kappa shape index (κ2) is 8.54. The first-order valence-electron chi connectivity index (χ1n) is 9.07. The number of nitrogens with zero attached hydrogens (tertiary/aromatic N) is 2. The molecule has 2 aromatic carbocycles. The van der Waals surface area contributed by atoms with Crippen molar-refractivity contribution in [3.8, 4) is 11.4 Å². The molecule has 0 spiro atoms. The first-order chi connectivity index (χ1) is 13.0. The van der Waals surface area contributed by atoms with Crippen LogP contribution in [-0.2, 0) is 17.6 Å². The number of carbonyl (C=O) groups is 1. The van der Waals surface area contributed by atoms with Gasteiger partial charge in [-0.1, -0.05) is 24.3 Å². The van der Waals surface area contributed by atoms with Crippen LogP contribution in [0.2, 0.25) is 0 Å². The van der Waals surface area contributed by atoms with Crippen molar-refractivity contribution in [2.24, 2.45) is 0 Å². The van der Waals surface area contributed by atoms with Crippen LogP contribution in [0, 0.1) is 13.8 Å². The fourth-order valence-corrected chi connectivity index (χ4v) is 3.03. The van der Waals surface area contributed by atoms with E-state index in [1.165, 1.54) is 5.56 Å².